The van der Waals surface area contributed by atoms with E-state index in [4.69, 9.17) is 9.47 Å². The SMILES string of the molecule is CC1C=CC2=C(C1)c1cc(N(C3=CCCC4OC5=C(C(C)CC=C5)C34C)c3ccc4c5c(c6c7c(c8ccccc8c6c4c3)CC=CC=C7)C=CCC5C)cc3c1C3O2. The highest BCUT2D eigenvalue weighted by Crippen LogP contribution is 2.62. The highest BCUT2D eigenvalue weighted by molar-refractivity contribution is 6.27. The Hall–Kier alpha value is -5.80. The van der Waals surface area contributed by atoms with Crippen LogP contribution in [-0.4, -0.2) is 6.10 Å². The molecule has 13 rings (SSSR count). The van der Waals surface area contributed by atoms with Gasteiger partial charge in [0.05, 0.1) is 5.41 Å². The van der Waals surface area contributed by atoms with Gasteiger partial charge in [-0.15, -0.1) is 0 Å². The molecule has 8 aliphatic rings. The van der Waals surface area contributed by atoms with E-state index in [9.17, 15) is 0 Å². The van der Waals surface area contributed by atoms with Gasteiger partial charge in [0.15, 0.2) is 6.10 Å². The monoisotopic (exact) mass is 767 g/mol. The predicted octanol–water partition coefficient (Wildman–Crippen LogP) is 14.6. The third kappa shape index (κ3) is 4.59. The minimum Gasteiger partial charge on any atom is -0.489 e. The molecule has 2 aliphatic heterocycles. The number of anilines is 2. The average Bonchev–Trinajstić information content (AvgIpc) is 3.92. The molecule has 0 N–H and O–H groups in total. The van der Waals surface area contributed by atoms with Crippen molar-refractivity contribution >= 4 is 61.4 Å². The van der Waals surface area contributed by atoms with Crippen LogP contribution in [0.4, 0.5) is 11.4 Å². The Morgan fingerprint density at radius 1 is 0.712 bits per heavy atom. The van der Waals surface area contributed by atoms with E-state index in [2.05, 4.69) is 154 Å². The third-order valence-electron chi connectivity index (χ3n) is 15.3. The first-order chi connectivity index (χ1) is 28.9. The van der Waals surface area contributed by atoms with Crippen LogP contribution in [0.1, 0.15) is 111 Å². The van der Waals surface area contributed by atoms with Crippen LogP contribution in [0.2, 0.25) is 0 Å². The number of rotatable bonds is 3. The van der Waals surface area contributed by atoms with Gasteiger partial charge in [0.25, 0.3) is 0 Å². The fraction of sp³-hybridized carbons (Fsp3) is 0.286. The molecular formula is C56H49NO2. The minimum atomic E-state index is -0.276. The number of benzene rings is 5. The summed E-state index contributed by atoms with van der Waals surface area (Å²) in [6, 6.07) is 21.6. The maximum atomic E-state index is 6.97. The largest absolute Gasteiger partial charge is 0.489 e. The van der Waals surface area contributed by atoms with Gasteiger partial charge >= 0.3 is 0 Å². The lowest BCUT2D eigenvalue weighted by atomic mass is 9.65. The summed E-state index contributed by atoms with van der Waals surface area (Å²) in [4.78, 5) is 2.66. The maximum Gasteiger partial charge on any atom is 0.150 e. The molecule has 290 valence electrons. The standard InChI is InChI=1S/C56H49NO2/c1-31-23-26-46-42(27-31)44-29-35(30-45-53(44)55(45)59-46)57(48-21-12-22-49-56(48,4)54-33(3)14-11-20-47(54)58-49)34-24-25-40-43(28-34)52-39-18-9-8-16-37(39)36-15-6-5-7-17-38(36)51(52)41-19-10-13-32(2)50(40)41/h5-11,16-21,23-26,28-33,49,55H,12-15,22,27H2,1-4H3. The zero-order valence-electron chi connectivity index (χ0n) is 34.4. The van der Waals surface area contributed by atoms with Gasteiger partial charge in [-0.2, -0.15) is 0 Å². The summed E-state index contributed by atoms with van der Waals surface area (Å²) in [5.74, 6) is 3.47. The molecule has 2 heterocycles. The fourth-order valence-corrected chi connectivity index (χ4v) is 12.6. The van der Waals surface area contributed by atoms with E-state index >= 15 is 0 Å². The molecule has 6 unspecified atom stereocenters. The van der Waals surface area contributed by atoms with Gasteiger partial charge in [0.1, 0.15) is 17.6 Å². The topological polar surface area (TPSA) is 21.7 Å². The van der Waals surface area contributed by atoms with Crippen molar-refractivity contribution in [2.45, 2.75) is 84.3 Å². The molecule has 59 heavy (non-hydrogen) atoms. The zero-order chi connectivity index (χ0) is 39.3. The van der Waals surface area contributed by atoms with Crippen LogP contribution in [0, 0.1) is 17.3 Å². The van der Waals surface area contributed by atoms with E-state index in [0.29, 0.717) is 17.8 Å². The van der Waals surface area contributed by atoms with Crippen molar-refractivity contribution in [3.05, 3.63) is 171 Å². The molecule has 6 aliphatic carbocycles. The highest BCUT2D eigenvalue weighted by atomic mass is 16.5. The van der Waals surface area contributed by atoms with Crippen LogP contribution in [0.15, 0.2) is 132 Å². The van der Waals surface area contributed by atoms with E-state index in [1.54, 1.807) is 0 Å². The Morgan fingerprint density at radius 3 is 2.49 bits per heavy atom. The molecule has 0 aromatic heterocycles. The summed E-state index contributed by atoms with van der Waals surface area (Å²) < 4.78 is 13.7. The molecule has 0 amide bonds. The average molecular weight is 768 g/mol. The highest BCUT2D eigenvalue weighted by Gasteiger charge is 2.54. The number of nitrogens with zero attached hydrogens (tertiary/aromatic N) is 1. The van der Waals surface area contributed by atoms with E-state index in [1.165, 1.54) is 99.5 Å². The maximum absolute atomic E-state index is 6.97. The minimum absolute atomic E-state index is 0.0551. The van der Waals surface area contributed by atoms with Crippen molar-refractivity contribution < 1.29 is 9.47 Å². The van der Waals surface area contributed by atoms with Gasteiger partial charge in [-0.3, -0.25) is 0 Å². The van der Waals surface area contributed by atoms with Crippen molar-refractivity contribution in [2.24, 2.45) is 17.3 Å². The molecule has 5 aromatic carbocycles. The lowest BCUT2D eigenvalue weighted by Gasteiger charge is -2.45. The molecule has 0 bridgehead atoms. The Bertz CT molecular complexity index is 3030. The summed E-state index contributed by atoms with van der Waals surface area (Å²) in [7, 11) is 0. The summed E-state index contributed by atoms with van der Waals surface area (Å²) in [6.07, 6.45) is 31.9. The number of fused-ring (bicyclic) bond motifs is 15. The lowest BCUT2D eigenvalue weighted by Crippen LogP contribution is -2.42. The first-order valence-electron chi connectivity index (χ1n) is 22.2. The summed E-state index contributed by atoms with van der Waals surface area (Å²) >= 11 is 0. The van der Waals surface area contributed by atoms with Crippen LogP contribution in [0.3, 0.4) is 0 Å². The second-order valence-corrected chi connectivity index (χ2v) is 18.8. The predicted molar refractivity (Wildman–Crippen MR) is 244 cm³/mol. The Morgan fingerprint density at radius 2 is 1.58 bits per heavy atom. The van der Waals surface area contributed by atoms with E-state index in [0.717, 1.165) is 50.0 Å². The number of ether oxygens (including phenoxy) is 2. The molecule has 0 radical (unpaired) electrons. The van der Waals surface area contributed by atoms with Crippen LogP contribution in [0.5, 0.6) is 0 Å². The van der Waals surface area contributed by atoms with Crippen LogP contribution < -0.4 is 4.90 Å². The molecule has 5 aromatic rings. The molecule has 0 fully saturated rings. The van der Waals surface area contributed by atoms with Gasteiger partial charge in [0.2, 0.25) is 0 Å². The first-order valence-corrected chi connectivity index (χ1v) is 22.2. The third-order valence-corrected chi connectivity index (χ3v) is 15.3. The van der Waals surface area contributed by atoms with Gasteiger partial charge < -0.3 is 14.4 Å². The molecule has 0 saturated heterocycles. The van der Waals surface area contributed by atoms with E-state index in [-0.39, 0.29) is 17.6 Å². The van der Waals surface area contributed by atoms with Crippen LogP contribution >= 0.6 is 0 Å². The summed E-state index contributed by atoms with van der Waals surface area (Å²) in [5, 5.41) is 8.19. The number of hydrogen-bond donors (Lipinski definition) is 0. The van der Waals surface area contributed by atoms with Crippen molar-refractivity contribution in [2.75, 3.05) is 4.90 Å². The Labute approximate surface area is 347 Å². The van der Waals surface area contributed by atoms with Crippen LogP contribution in [-0.2, 0) is 15.9 Å². The normalized spacial score (nSPS) is 27.7. The lowest BCUT2D eigenvalue weighted by molar-refractivity contribution is 0.0753. The van der Waals surface area contributed by atoms with Crippen molar-refractivity contribution in [1.29, 1.82) is 0 Å². The van der Waals surface area contributed by atoms with Gasteiger partial charge in [0, 0.05) is 33.8 Å². The van der Waals surface area contributed by atoms with E-state index < -0.39 is 0 Å². The second kappa shape index (κ2) is 12.1. The molecule has 6 atom stereocenters. The first kappa shape index (κ1) is 34.1. The molecule has 0 saturated carbocycles. The summed E-state index contributed by atoms with van der Waals surface area (Å²) in [5.41, 5.74) is 16.1. The quantitative estimate of drug-likeness (QED) is 0.171. The second-order valence-electron chi connectivity index (χ2n) is 18.8. The number of hydrogen-bond acceptors (Lipinski definition) is 3. The molecule has 0 spiro atoms. The fourth-order valence-electron chi connectivity index (χ4n) is 12.6. The molecular weight excluding hydrogens is 719 g/mol. The van der Waals surface area contributed by atoms with Gasteiger partial charge in [-0.25, -0.2) is 0 Å². The Kier molecular flexibility index (Phi) is 7.01. The van der Waals surface area contributed by atoms with Crippen LogP contribution in [0.25, 0.3) is 50.0 Å². The Balaban J connectivity index is 1.12. The van der Waals surface area contributed by atoms with E-state index in [1.807, 2.05) is 0 Å². The molecule has 3 heteroatoms. The van der Waals surface area contributed by atoms with Crippen molar-refractivity contribution in [3.63, 3.8) is 0 Å². The van der Waals surface area contributed by atoms with Crippen molar-refractivity contribution in [3.8, 4) is 0 Å². The van der Waals surface area contributed by atoms with Gasteiger partial charge in [-0.1, -0.05) is 106 Å². The smallest absolute Gasteiger partial charge is 0.150 e. The zero-order valence-corrected chi connectivity index (χ0v) is 34.4. The van der Waals surface area contributed by atoms with Crippen molar-refractivity contribution in [1.82, 2.24) is 0 Å². The summed E-state index contributed by atoms with van der Waals surface area (Å²) in [6.45, 7) is 9.64. The number of allylic oxidation sites excluding steroid dienone is 10. The van der Waals surface area contributed by atoms with Gasteiger partial charge in [-0.05, 0) is 165 Å². The molecule has 3 nitrogen and oxygen atoms in total.